The maximum atomic E-state index is 12.6. The molecule has 25 heavy (non-hydrogen) atoms. The van der Waals surface area contributed by atoms with Gasteiger partial charge in [0.2, 0.25) is 11.7 Å². The molecule has 0 aliphatic carbocycles. The number of piperidine rings is 1. The standard InChI is InChI=1S/C19H18N4O2/c24-19(16-10-4-5-11-20-16)23-12-6-9-15(13-23)18-21-17(22-25-18)14-7-2-1-3-8-14/h1-5,7-8,10-11,15H,6,9,12-13H2/t15-/m0/s1. The monoisotopic (exact) mass is 334 g/mol. The molecule has 126 valence electrons. The first-order valence-corrected chi connectivity index (χ1v) is 8.40. The van der Waals surface area contributed by atoms with Gasteiger partial charge in [0.15, 0.2) is 0 Å². The van der Waals surface area contributed by atoms with E-state index in [4.69, 9.17) is 4.52 Å². The molecule has 3 heterocycles. The Bertz CT molecular complexity index is 848. The van der Waals surface area contributed by atoms with Crippen LogP contribution in [-0.2, 0) is 0 Å². The molecule has 1 fully saturated rings. The lowest BCUT2D eigenvalue weighted by Gasteiger charge is -2.30. The van der Waals surface area contributed by atoms with E-state index in [1.807, 2.05) is 41.3 Å². The minimum absolute atomic E-state index is 0.0481. The lowest BCUT2D eigenvalue weighted by atomic mass is 9.97. The average Bonchev–Trinajstić information content (AvgIpc) is 3.19. The SMILES string of the molecule is O=C(c1ccccn1)N1CCC[C@H](c2nc(-c3ccccc3)no2)C1. The van der Waals surface area contributed by atoms with Gasteiger partial charge in [-0.2, -0.15) is 4.98 Å². The second kappa shape index (κ2) is 6.84. The van der Waals surface area contributed by atoms with E-state index in [-0.39, 0.29) is 11.8 Å². The molecule has 1 amide bonds. The van der Waals surface area contributed by atoms with Gasteiger partial charge in [0, 0.05) is 24.8 Å². The first-order valence-electron chi connectivity index (χ1n) is 8.40. The van der Waals surface area contributed by atoms with Gasteiger partial charge in [-0.15, -0.1) is 0 Å². The summed E-state index contributed by atoms with van der Waals surface area (Å²) in [6.45, 7) is 1.30. The second-order valence-electron chi connectivity index (χ2n) is 6.13. The van der Waals surface area contributed by atoms with Crippen molar-refractivity contribution in [1.29, 1.82) is 0 Å². The molecule has 0 N–H and O–H groups in total. The minimum atomic E-state index is -0.0481. The Morgan fingerprint density at radius 2 is 1.96 bits per heavy atom. The molecular weight excluding hydrogens is 316 g/mol. The Morgan fingerprint density at radius 3 is 2.76 bits per heavy atom. The lowest BCUT2D eigenvalue weighted by Crippen LogP contribution is -2.39. The van der Waals surface area contributed by atoms with Gasteiger partial charge in [0.1, 0.15) is 5.69 Å². The lowest BCUT2D eigenvalue weighted by molar-refractivity contribution is 0.0689. The summed E-state index contributed by atoms with van der Waals surface area (Å²) in [5, 5.41) is 4.09. The molecule has 6 nitrogen and oxygen atoms in total. The number of carbonyl (C=O) groups excluding carboxylic acids is 1. The molecule has 0 spiro atoms. The molecule has 1 saturated heterocycles. The molecule has 3 aromatic rings. The van der Waals surface area contributed by atoms with Crippen LogP contribution in [0.5, 0.6) is 0 Å². The third kappa shape index (κ3) is 3.28. The van der Waals surface area contributed by atoms with Crippen molar-refractivity contribution in [2.45, 2.75) is 18.8 Å². The van der Waals surface area contributed by atoms with E-state index >= 15 is 0 Å². The number of rotatable bonds is 3. The van der Waals surface area contributed by atoms with Crippen LogP contribution >= 0.6 is 0 Å². The number of aromatic nitrogens is 3. The maximum Gasteiger partial charge on any atom is 0.272 e. The Morgan fingerprint density at radius 1 is 1.12 bits per heavy atom. The first-order chi connectivity index (χ1) is 12.3. The van der Waals surface area contributed by atoms with E-state index in [9.17, 15) is 4.79 Å². The Hall–Kier alpha value is -3.02. The fourth-order valence-corrected chi connectivity index (χ4v) is 3.12. The number of likely N-dealkylation sites (tertiary alicyclic amines) is 1. The van der Waals surface area contributed by atoms with Crippen molar-refractivity contribution in [3.63, 3.8) is 0 Å². The van der Waals surface area contributed by atoms with E-state index in [1.54, 1.807) is 18.3 Å². The van der Waals surface area contributed by atoms with Crippen LogP contribution in [0.15, 0.2) is 59.3 Å². The first kappa shape index (κ1) is 15.5. The number of hydrogen-bond donors (Lipinski definition) is 0. The van der Waals surface area contributed by atoms with Gasteiger partial charge < -0.3 is 9.42 Å². The predicted molar refractivity (Wildman–Crippen MR) is 91.8 cm³/mol. The van der Waals surface area contributed by atoms with Gasteiger partial charge in [-0.1, -0.05) is 41.6 Å². The predicted octanol–water partition coefficient (Wildman–Crippen LogP) is 3.15. The molecule has 1 atom stereocenters. The molecule has 0 bridgehead atoms. The van der Waals surface area contributed by atoms with Gasteiger partial charge in [0.05, 0.1) is 5.92 Å². The van der Waals surface area contributed by atoms with Crippen molar-refractivity contribution >= 4 is 5.91 Å². The molecule has 1 aromatic carbocycles. The molecular formula is C19H18N4O2. The van der Waals surface area contributed by atoms with Gasteiger partial charge in [-0.05, 0) is 25.0 Å². The fraction of sp³-hybridized carbons (Fsp3) is 0.263. The number of amides is 1. The average molecular weight is 334 g/mol. The molecule has 1 aliphatic heterocycles. The van der Waals surface area contributed by atoms with Crippen LogP contribution in [-0.4, -0.2) is 39.0 Å². The summed E-state index contributed by atoms with van der Waals surface area (Å²) in [5.41, 5.74) is 1.40. The molecule has 0 saturated carbocycles. The smallest absolute Gasteiger partial charge is 0.272 e. The van der Waals surface area contributed by atoms with Crippen molar-refractivity contribution in [3.8, 4) is 11.4 Å². The van der Waals surface area contributed by atoms with E-state index < -0.39 is 0 Å². The third-order valence-corrected chi connectivity index (χ3v) is 4.42. The van der Waals surface area contributed by atoms with E-state index in [0.717, 1.165) is 24.9 Å². The number of pyridine rings is 1. The summed E-state index contributed by atoms with van der Waals surface area (Å²) in [7, 11) is 0. The highest BCUT2D eigenvalue weighted by atomic mass is 16.5. The zero-order valence-electron chi connectivity index (χ0n) is 13.7. The van der Waals surface area contributed by atoms with E-state index in [1.165, 1.54) is 0 Å². The number of benzene rings is 1. The zero-order chi connectivity index (χ0) is 17.1. The highest BCUT2D eigenvalue weighted by Gasteiger charge is 2.29. The molecule has 4 rings (SSSR count). The third-order valence-electron chi connectivity index (χ3n) is 4.42. The molecule has 0 radical (unpaired) electrons. The summed E-state index contributed by atoms with van der Waals surface area (Å²) in [6.07, 6.45) is 3.48. The van der Waals surface area contributed by atoms with Crippen LogP contribution in [0, 0.1) is 0 Å². The van der Waals surface area contributed by atoms with Crippen molar-refractivity contribution in [2.75, 3.05) is 13.1 Å². The van der Waals surface area contributed by atoms with Crippen LogP contribution in [0.4, 0.5) is 0 Å². The second-order valence-corrected chi connectivity index (χ2v) is 6.13. The zero-order valence-corrected chi connectivity index (χ0v) is 13.7. The fourth-order valence-electron chi connectivity index (χ4n) is 3.12. The van der Waals surface area contributed by atoms with Crippen LogP contribution < -0.4 is 0 Å². The number of nitrogens with zero attached hydrogens (tertiary/aromatic N) is 4. The minimum Gasteiger partial charge on any atom is -0.339 e. The number of carbonyl (C=O) groups is 1. The topological polar surface area (TPSA) is 72.1 Å². The van der Waals surface area contributed by atoms with Gasteiger partial charge in [-0.25, -0.2) is 0 Å². The van der Waals surface area contributed by atoms with Crippen molar-refractivity contribution in [3.05, 3.63) is 66.3 Å². The van der Waals surface area contributed by atoms with Crippen molar-refractivity contribution < 1.29 is 9.32 Å². The van der Waals surface area contributed by atoms with Gasteiger partial charge >= 0.3 is 0 Å². The molecule has 6 heteroatoms. The summed E-state index contributed by atoms with van der Waals surface area (Å²) >= 11 is 0. The van der Waals surface area contributed by atoms with Crippen LogP contribution in [0.1, 0.15) is 35.1 Å². The Kier molecular flexibility index (Phi) is 4.24. The molecule has 1 aliphatic rings. The van der Waals surface area contributed by atoms with Crippen molar-refractivity contribution in [1.82, 2.24) is 20.0 Å². The summed E-state index contributed by atoms with van der Waals surface area (Å²) in [6, 6.07) is 15.1. The van der Waals surface area contributed by atoms with Gasteiger partial charge in [0.25, 0.3) is 5.91 Å². The highest BCUT2D eigenvalue weighted by Crippen LogP contribution is 2.28. The molecule has 2 aromatic heterocycles. The van der Waals surface area contributed by atoms with Crippen molar-refractivity contribution in [2.24, 2.45) is 0 Å². The quantitative estimate of drug-likeness (QED) is 0.736. The summed E-state index contributed by atoms with van der Waals surface area (Å²) < 4.78 is 5.48. The number of hydrogen-bond acceptors (Lipinski definition) is 5. The van der Waals surface area contributed by atoms with Gasteiger partial charge in [-0.3, -0.25) is 9.78 Å². The summed E-state index contributed by atoms with van der Waals surface area (Å²) in [5.74, 6) is 1.20. The maximum absolute atomic E-state index is 12.6. The van der Waals surface area contributed by atoms with E-state index in [0.29, 0.717) is 24.0 Å². The van der Waals surface area contributed by atoms with E-state index in [2.05, 4.69) is 15.1 Å². The molecule has 0 unspecified atom stereocenters. The van der Waals surface area contributed by atoms with Crippen LogP contribution in [0.25, 0.3) is 11.4 Å². The largest absolute Gasteiger partial charge is 0.339 e. The van der Waals surface area contributed by atoms with Crippen LogP contribution in [0.2, 0.25) is 0 Å². The summed E-state index contributed by atoms with van der Waals surface area (Å²) in [4.78, 5) is 23.1. The van der Waals surface area contributed by atoms with Crippen LogP contribution in [0.3, 0.4) is 0 Å². The Balaban J connectivity index is 1.50. The Labute approximate surface area is 145 Å². The highest BCUT2D eigenvalue weighted by molar-refractivity contribution is 5.92. The normalized spacial score (nSPS) is 17.4.